The number of piperazine rings is 1. The Kier molecular flexibility index (Phi) is 5.00. The molecule has 7 heteroatoms. The summed E-state index contributed by atoms with van der Waals surface area (Å²) in [6, 6.07) is 9.43. The lowest BCUT2D eigenvalue weighted by Crippen LogP contribution is -2.51. The number of benzene rings is 1. The monoisotopic (exact) mass is 369 g/mol. The highest BCUT2D eigenvalue weighted by Gasteiger charge is 2.24. The lowest BCUT2D eigenvalue weighted by atomic mass is 10.1. The smallest absolute Gasteiger partial charge is 0.228 e. The lowest BCUT2D eigenvalue weighted by Gasteiger charge is -2.35. The van der Waals surface area contributed by atoms with Crippen molar-refractivity contribution in [2.75, 3.05) is 39.4 Å². The highest BCUT2D eigenvalue weighted by Crippen LogP contribution is 2.31. The van der Waals surface area contributed by atoms with Crippen molar-refractivity contribution in [2.24, 2.45) is 0 Å². The van der Waals surface area contributed by atoms with E-state index in [1.165, 1.54) is 0 Å². The van der Waals surface area contributed by atoms with Gasteiger partial charge in [-0.1, -0.05) is 6.07 Å². The molecular formula is C20H23N3O4. The molecule has 1 aromatic heterocycles. The average Bonchev–Trinajstić information content (AvgIpc) is 3.21. The Labute approximate surface area is 157 Å². The molecule has 0 spiro atoms. The van der Waals surface area contributed by atoms with Gasteiger partial charge in [0.1, 0.15) is 13.2 Å². The molecule has 2 amide bonds. The van der Waals surface area contributed by atoms with E-state index in [0.29, 0.717) is 58.0 Å². The molecule has 0 radical (unpaired) electrons. The van der Waals surface area contributed by atoms with Gasteiger partial charge in [-0.3, -0.25) is 9.59 Å². The van der Waals surface area contributed by atoms with Crippen LogP contribution in [0.3, 0.4) is 0 Å². The molecule has 1 saturated heterocycles. The minimum Gasteiger partial charge on any atom is -0.486 e. The molecule has 0 bridgehead atoms. The number of rotatable bonds is 4. The Morgan fingerprint density at radius 2 is 1.56 bits per heavy atom. The van der Waals surface area contributed by atoms with E-state index in [1.54, 1.807) is 0 Å². The number of carbonyl (C=O) groups is 2. The number of aromatic nitrogens is 1. The van der Waals surface area contributed by atoms with Crippen LogP contribution in [0.25, 0.3) is 0 Å². The van der Waals surface area contributed by atoms with Gasteiger partial charge in [0, 0.05) is 38.1 Å². The van der Waals surface area contributed by atoms with Crippen molar-refractivity contribution in [1.29, 1.82) is 0 Å². The lowest BCUT2D eigenvalue weighted by molar-refractivity contribution is -0.138. The zero-order valence-corrected chi connectivity index (χ0v) is 15.1. The predicted octanol–water partition coefficient (Wildman–Crippen LogP) is 1.24. The van der Waals surface area contributed by atoms with Gasteiger partial charge in [0.2, 0.25) is 11.8 Å². The van der Waals surface area contributed by atoms with Gasteiger partial charge in [-0.25, -0.2) is 0 Å². The van der Waals surface area contributed by atoms with Crippen LogP contribution in [0.4, 0.5) is 0 Å². The topological polar surface area (TPSA) is 74.9 Å². The van der Waals surface area contributed by atoms with Crippen LogP contribution in [0, 0.1) is 0 Å². The number of aromatic amines is 1. The summed E-state index contributed by atoms with van der Waals surface area (Å²) in [6.07, 6.45) is 2.52. The number of fused-ring (bicyclic) bond motifs is 1. The molecule has 1 N–H and O–H groups in total. The van der Waals surface area contributed by atoms with E-state index in [-0.39, 0.29) is 11.8 Å². The van der Waals surface area contributed by atoms with E-state index >= 15 is 0 Å². The molecule has 4 rings (SSSR count). The van der Waals surface area contributed by atoms with Gasteiger partial charge in [0.25, 0.3) is 0 Å². The first-order chi connectivity index (χ1) is 13.2. The first-order valence-electron chi connectivity index (χ1n) is 9.25. The van der Waals surface area contributed by atoms with Crippen LogP contribution in [0.2, 0.25) is 0 Å². The van der Waals surface area contributed by atoms with E-state index in [9.17, 15) is 9.59 Å². The molecule has 0 atom stereocenters. The van der Waals surface area contributed by atoms with Crippen LogP contribution in [0.5, 0.6) is 11.5 Å². The SMILES string of the molecule is O=C(Cc1ccc2c(c1)OCCO2)N1CCN(C(=O)Cc2ccc[nH]2)CC1. The summed E-state index contributed by atoms with van der Waals surface area (Å²) in [5, 5.41) is 0. The number of ether oxygens (including phenoxy) is 2. The van der Waals surface area contributed by atoms with Crippen molar-refractivity contribution in [3.05, 3.63) is 47.8 Å². The number of hydrogen-bond acceptors (Lipinski definition) is 4. The summed E-state index contributed by atoms with van der Waals surface area (Å²) in [6.45, 7) is 3.37. The van der Waals surface area contributed by atoms with Gasteiger partial charge in [0.15, 0.2) is 11.5 Å². The van der Waals surface area contributed by atoms with Crippen LogP contribution < -0.4 is 9.47 Å². The summed E-state index contributed by atoms with van der Waals surface area (Å²) in [5.41, 5.74) is 1.83. The first-order valence-corrected chi connectivity index (χ1v) is 9.25. The molecular weight excluding hydrogens is 346 g/mol. The fourth-order valence-corrected chi connectivity index (χ4v) is 3.44. The first kappa shape index (κ1) is 17.5. The Bertz CT molecular complexity index is 811. The maximum absolute atomic E-state index is 12.6. The third-order valence-electron chi connectivity index (χ3n) is 4.95. The number of H-pyrrole nitrogens is 1. The van der Waals surface area contributed by atoms with Crippen LogP contribution in [-0.2, 0) is 22.4 Å². The van der Waals surface area contributed by atoms with Crippen LogP contribution >= 0.6 is 0 Å². The standard InChI is InChI=1S/C20H23N3O4/c24-19(13-15-3-4-17-18(12-15)27-11-10-26-17)22-6-8-23(9-7-22)20(25)14-16-2-1-5-21-16/h1-5,12,21H,6-11,13-14H2. The molecule has 7 nitrogen and oxygen atoms in total. The Morgan fingerprint density at radius 3 is 2.22 bits per heavy atom. The number of nitrogens with one attached hydrogen (secondary N) is 1. The van der Waals surface area contributed by atoms with E-state index in [2.05, 4.69) is 4.98 Å². The van der Waals surface area contributed by atoms with Gasteiger partial charge < -0.3 is 24.3 Å². The molecule has 1 aromatic carbocycles. The fraction of sp³-hybridized carbons (Fsp3) is 0.400. The zero-order valence-electron chi connectivity index (χ0n) is 15.1. The second kappa shape index (κ2) is 7.73. The van der Waals surface area contributed by atoms with Gasteiger partial charge in [-0.15, -0.1) is 0 Å². The summed E-state index contributed by atoms with van der Waals surface area (Å²) in [4.78, 5) is 31.7. The number of hydrogen-bond donors (Lipinski definition) is 1. The summed E-state index contributed by atoms with van der Waals surface area (Å²) >= 11 is 0. The highest BCUT2D eigenvalue weighted by molar-refractivity contribution is 5.81. The van der Waals surface area contributed by atoms with Crippen LogP contribution in [-0.4, -0.2) is 66.0 Å². The van der Waals surface area contributed by atoms with Crippen molar-refractivity contribution < 1.29 is 19.1 Å². The minimum atomic E-state index is 0.0724. The maximum atomic E-state index is 12.6. The fourth-order valence-electron chi connectivity index (χ4n) is 3.44. The quantitative estimate of drug-likeness (QED) is 0.880. The Balaban J connectivity index is 1.29. The molecule has 2 aliphatic rings. The molecule has 0 saturated carbocycles. The minimum absolute atomic E-state index is 0.0724. The molecule has 2 aromatic rings. The summed E-state index contributed by atoms with van der Waals surface area (Å²) < 4.78 is 11.1. The third-order valence-corrected chi connectivity index (χ3v) is 4.95. The van der Waals surface area contributed by atoms with Crippen LogP contribution in [0.1, 0.15) is 11.3 Å². The van der Waals surface area contributed by atoms with Crippen molar-refractivity contribution in [1.82, 2.24) is 14.8 Å². The van der Waals surface area contributed by atoms with E-state index in [1.807, 2.05) is 46.3 Å². The second-order valence-electron chi connectivity index (χ2n) is 6.79. The van der Waals surface area contributed by atoms with Gasteiger partial charge in [-0.2, -0.15) is 0 Å². The van der Waals surface area contributed by atoms with Crippen molar-refractivity contribution >= 4 is 11.8 Å². The van der Waals surface area contributed by atoms with Gasteiger partial charge in [0.05, 0.1) is 12.8 Å². The zero-order chi connectivity index (χ0) is 18.6. The molecule has 2 aliphatic heterocycles. The molecule has 1 fully saturated rings. The van der Waals surface area contributed by atoms with Crippen molar-refractivity contribution in [2.45, 2.75) is 12.8 Å². The van der Waals surface area contributed by atoms with Crippen molar-refractivity contribution in [3.8, 4) is 11.5 Å². The van der Waals surface area contributed by atoms with Crippen LogP contribution in [0.15, 0.2) is 36.5 Å². The molecule has 0 unspecified atom stereocenters. The van der Waals surface area contributed by atoms with Crippen molar-refractivity contribution in [3.63, 3.8) is 0 Å². The van der Waals surface area contributed by atoms with E-state index in [4.69, 9.17) is 9.47 Å². The maximum Gasteiger partial charge on any atom is 0.228 e. The van der Waals surface area contributed by atoms with Gasteiger partial charge >= 0.3 is 0 Å². The third kappa shape index (κ3) is 4.07. The van der Waals surface area contributed by atoms with E-state index < -0.39 is 0 Å². The molecule has 142 valence electrons. The molecule has 0 aliphatic carbocycles. The second-order valence-corrected chi connectivity index (χ2v) is 6.79. The predicted molar refractivity (Wildman–Crippen MR) is 98.8 cm³/mol. The Morgan fingerprint density at radius 1 is 0.889 bits per heavy atom. The summed E-state index contributed by atoms with van der Waals surface area (Å²) in [5.74, 6) is 1.59. The van der Waals surface area contributed by atoms with Gasteiger partial charge in [-0.05, 0) is 29.8 Å². The van der Waals surface area contributed by atoms with E-state index in [0.717, 1.165) is 17.0 Å². The normalized spacial score (nSPS) is 16.3. The molecule has 27 heavy (non-hydrogen) atoms. The number of nitrogens with zero attached hydrogens (tertiary/aromatic N) is 2. The highest BCUT2D eigenvalue weighted by atomic mass is 16.6. The number of amides is 2. The number of carbonyl (C=O) groups excluding carboxylic acids is 2. The average molecular weight is 369 g/mol. The molecule has 3 heterocycles. The Hall–Kier alpha value is -2.96. The summed E-state index contributed by atoms with van der Waals surface area (Å²) in [7, 11) is 0. The largest absolute Gasteiger partial charge is 0.486 e.